The summed E-state index contributed by atoms with van der Waals surface area (Å²) in [5.74, 6) is -1.66. The highest BCUT2D eigenvalue weighted by Crippen LogP contribution is 2.30. The van der Waals surface area contributed by atoms with Crippen molar-refractivity contribution in [1.29, 1.82) is 0 Å². The monoisotopic (exact) mass is 561 g/mol. The van der Waals surface area contributed by atoms with Crippen LogP contribution in [0.3, 0.4) is 0 Å². The SMILES string of the molecule is CN(C)CC(C(=O)Nc1cc2ccncc2s1)c1ccc(COC(=O)C(C)(CO[N+](=O)[O-])CO[N+](=O)[O-])cc1. The van der Waals surface area contributed by atoms with Crippen molar-refractivity contribution in [1.82, 2.24) is 9.88 Å². The lowest BCUT2D eigenvalue weighted by molar-refractivity contribution is -0.770. The number of amides is 1. The number of carbonyl (C=O) groups excluding carboxylic acids is 2. The van der Waals surface area contributed by atoms with Gasteiger partial charge >= 0.3 is 5.97 Å². The van der Waals surface area contributed by atoms with E-state index in [9.17, 15) is 29.8 Å². The minimum absolute atomic E-state index is 0.185. The molecule has 1 unspecified atom stereocenters. The number of nitrogens with one attached hydrogen (secondary N) is 1. The Morgan fingerprint density at radius 3 is 2.31 bits per heavy atom. The first-order valence-corrected chi connectivity index (χ1v) is 12.4. The number of fused-ring (bicyclic) bond motifs is 1. The molecular weight excluding hydrogens is 534 g/mol. The van der Waals surface area contributed by atoms with E-state index in [4.69, 9.17) is 4.74 Å². The van der Waals surface area contributed by atoms with E-state index in [2.05, 4.69) is 20.0 Å². The molecule has 0 aliphatic rings. The minimum atomic E-state index is -1.79. The van der Waals surface area contributed by atoms with Crippen LogP contribution in [0, 0.1) is 25.6 Å². The third-order valence-corrected chi connectivity index (χ3v) is 6.66. The molecule has 15 heteroatoms. The first-order valence-electron chi connectivity index (χ1n) is 11.6. The number of anilines is 1. The van der Waals surface area contributed by atoms with Crippen LogP contribution in [0.2, 0.25) is 0 Å². The van der Waals surface area contributed by atoms with Crippen LogP contribution in [0.1, 0.15) is 24.0 Å². The van der Waals surface area contributed by atoms with Crippen molar-refractivity contribution >= 4 is 38.3 Å². The quantitative estimate of drug-likeness (QED) is 0.174. The Morgan fingerprint density at radius 2 is 1.74 bits per heavy atom. The molecule has 1 atom stereocenters. The van der Waals surface area contributed by atoms with Crippen molar-refractivity contribution in [3.05, 3.63) is 80.1 Å². The zero-order chi connectivity index (χ0) is 28.6. The molecule has 0 saturated carbocycles. The molecule has 208 valence electrons. The van der Waals surface area contributed by atoms with Gasteiger partial charge in [0, 0.05) is 18.9 Å². The number of pyridine rings is 1. The Balaban J connectivity index is 1.67. The number of likely N-dealkylation sites (N-methyl/N-ethyl adjacent to an activating group) is 1. The third kappa shape index (κ3) is 8.31. The van der Waals surface area contributed by atoms with Crippen LogP contribution in [0.25, 0.3) is 10.1 Å². The largest absolute Gasteiger partial charge is 0.460 e. The van der Waals surface area contributed by atoms with Crippen molar-refractivity contribution < 1.29 is 34.2 Å². The van der Waals surface area contributed by atoms with E-state index in [1.165, 1.54) is 18.3 Å². The maximum atomic E-state index is 13.2. The molecule has 0 saturated heterocycles. The number of thiophene rings is 1. The lowest BCUT2D eigenvalue weighted by Gasteiger charge is -2.25. The maximum absolute atomic E-state index is 13.2. The Kier molecular flexibility index (Phi) is 9.68. The predicted octanol–water partition coefficient (Wildman–Crippen LogP) is 3.05. The van der Waals surface area contributed by atoms with Crippen molar-refractivity contribution in [3.63, 3.8) is 0 Å². The van der Waals surface area contributed by atoms with E-state index in [1.807, 2.05) is 31.1 Å². The molecule has 3 rings (SSSR count). The molecule has 2 aromatic heterocycles. The third-order valence-electron chi connectivity index (χ3n) is 5.66. The van der Waals surface area contributed by atoms with Gasteiger partial charge in [-0.3, -0.25) is 14.6 Å². The van der Waals surface area contributed by atoms with Gasteiger partial charge in [0.25, 0.3) is 10.2 Å². The fourth-order valence-corrected chi connectivity index (χ4v) is 4.51. The van der Waals surface area contributed by atoms with E-state index < -0.39 is 40.7 Å². The van der Waals surface area contributed by atoms with Gasteiger partial charge in [0.1, 0.15) is 25.2 Å². The number of rotatable bonds is 14. The number of ether oxygens (including phenoxy) is 1. The number of esters is 1. The predicted molar refractivity (Wildman–Crippen MR) is 140 cm³/mol. The Labute approximate surface area is 226 Å². The number of aromatic nitrogens is 1. The summed E-state index contributed by atoms with van der Waals surface area (Å²) in [5.41, 5.74) is -0.485. The summed E-state index contributed by atoms with van der Waals surface area (Å²) in [6.45, 7) is -0.153. The van der Waals surface area contributed by atoms with Crippen molar-refractivity contribution in [2.75, 3.05) is 39.2 Å². The van der Waals surface area contributed by atoms with Gasteiger partial charge in [-0.25, -0.2) is 0 Å². The smallest absolute Gasteiger partial charge is 0.316 e. The fraction of sp³-hybridized carbons (Fsp3) is 0.375. The zero-order valence-electron chi connectivity index (χ0n) is 21.4. The molecule has 3 aromatic rings. The molecule has 1 N–H and O–H groups in total. The van der Waals surface area contributed by atoms with Crippen LogP contribution < -0.4 is 5.32 Å². The lowest BCUT2D eigenvalue weighted by Crippen LogP contribution is -2.40. The van der Waals surface area contributed by atoms with E-state index in [0.717, 1.165) is 15.6 Å². The maximum Gasteiger partial charge on any atom is 0.316 e. The molecule has 1 aromatic carbocycles. The second-order valence-electron chi connectivity index (χ2n) is 9.20. The molecule has 14 nitrogen and oxygen atoms in total. The van der Waals surface area contributed by atoms with Crippen LogP contribution in [0.5, 0.6) is 0 Å². The summed E-state index contributed by atoms with van der Waals surface area (Å²) in [6, 6.07) is 10.6. The van der Waals surface area contributed by atoms with Gasteiger partial charge in [0.2, 0.25) is 5.91 Å². The highest BCUT2D eigenvalue weighted by Gasteiger charge is 2.38. The zero-order valence-corrected chi connectivity index (χ0v) is 22.2. The number of hydrogen-bond acceptors (Lipinski definition) is 12. The Hall–Kier alpha value is -4.37. The molecule has 0 fully saturated rings. The molecule has 2 heterocycles. The second-order valence-corrected chi connectivity index (χ2v) is 10.3. The molecule has 0 spiro atoms. The molecule has 0 radical (unpaired) electrons. The molecule has 39 heavy (non-hydrogen) atoms. The topological polar surface area (TPSA) is 176 Å². The first-order chi connectivity index (χ1) is 18.5. The summed E-state index contributed by atoms with van der Waals surface area (Å²) in [7, 11) is 3.73. The van der Waals surface area contributed by atoms with Crippen LogP contribution in [0.4, 0.5) is 5.00 Å². The van der Waals surface area contributed by atoms with Gasteiger partial charge < -0.3 is 24.6 Å². The first kappa shape index (κ1) is 29.2. The molecule has 0 aliphatic carbocycles. The average Bonchev–Trinajstić information content (AvgIpc) is 3.30. The minimum Gasteiger partial charge on any atom is -0.460 e. The number of hydrogen-bond donors (Lipinski definition) is 1. The fourth-order valence-electron chi connectivity index (χ4n) is 3.58. The van der Waals surface area contributed by atoms with E-state index in [-0.39, 0.29) is 12.5 Å². The normalized spacial score (nSPS) is 12.1. The van der Waals surface area contributed by atoms with Crippen LogP contribution >= 0.6 is 11.3 Å². The van der Waals surface area contributed by atoms with E-state index >= 15 is 0 Å². The summed E-state index contributed by atoms with van der Waals surface area (Å²) in [5, 5.41) is 23.6. The van der Waals surface area contributed by atoms with E-state index in [0.29, 0.717) is 17.1 Å². The number of carbonyl (C=O) groups is 2. The number of benzene rings is 1. The molecule has 0 bridgehead atoms. The summed E-state index contributed by atoms with van der Waals surface area (Å²) >= 11 is 1.43. The summed E-state index contributed by atoms with van der Waals surface area (Å²) in [4.78, 5) is 61.4. The van der Waals surface area contributed by atoms with Gasteiger partial charge in [-0.05, 0) is 49.7 Å². The van der Waals surface area contributed by atoms with Crippen LogP contribution in [0.15, 0.2) is 48.8 Å². The highest BCUT2D eigenvalue weighted by molar-refractivity contribution is 7.22. The van der Waals surface area contributed by atoms with Crippen LogP contribution in [-0.4, -0.2) is 65.8 Å². The molecule has 1 amide bonds. The summed E-state index contributed by atoms with van der Waals surface area (Å²) in [6.07, 6.45) is 3.43. The van der Waals surface area contributed by atoms with E-state index in [1.54, 1.807) is 36.7 Å². The van der Waals surface area contributed by atoms with Gasteiger partial charge in [-0.2, -0.15) is 0 Å². The van der Waals surface area contributed by atoms with Crippen molar-refractivity contribution in [2.45, 2.75) is 19.4 Å². The standard InChI is InChI=1S/C24H27N5O9S/c1-24(14-37-28(32)33,15-38-29(34)35)23(31)36-13-16-4-6-17(7-5-16)19(12-27(2)3)22(30)26-21-10-18-8-9-25-11-20(18)39-21/h4-11,19H,12-15H2,1-3H3,(H,26,30). The van der Waals surface area contributed by atoms with Gasteiger partial charge in [-0.15, -0.1) is 31.6 Å². The van der Waals surface area contributed by atoms with Gasteiger partial charge in [0.15, 0.2) is 0 Å². The van der Waals surface area contributed by atoms with Gasteiger partial charge in [0.05, 0.1) is 15.6 Å². The molecule has 0 aliphatic heterocycles. The highest BCUT2D eigenvalue weighted by atomic mass is 32.1. The van der Waals surface area contributed by atoms with Crippen molar-refractivity contribution in [2.24, 2.45) is 5.41 Å². The second kappa shape index (κ2) is 12.9. The van der Waals surface area contributed by atoms with Crippen LogP contribution in [-0.2, 0) is 30.6 Å². The average molecular weight is 562 g/mol. The Morgan fingerprint density at radius 1 is 1.10 bits per heavy atom. The number of nitrogens with zero attached hydrogens (tertiary/aromatic N) is 4. The van der Waals surface area contributed by atoms with Gasteiger partial charge in [-0.1, -0.05) is 24.3 Å². The van der Waals surface area contributed by atoms with Crippen molar-refractivity contribution in [3.8, 4) is 0 Å². The Bertz CT molecular complexity index is 1280. The lowest BCUT2D eigenvalue weighted by atomic mass is 9.93. The summed E-state index contributed by atoms with van der Waals surface area (Å²) < 4.78 is 6.20. The molecular formula is C24H27N5O9S.